The zero-order valence-electron chi connectivity index (χ0n) is 9.74. The van der Waals surface area contributed by atoms with E-state index in [9.17, 15) is 8.78 Å². The molecule has 0 bridgehead atoms. The van der Waals surface area contributed by atoms with Gasteiger partial charge in [-0.15, -0.1) is 11.6 Å². The fourth-order valence-corrected chi connectivity index (χ4v) is 2.05. The second-order valence-electron chi connectivity index (χ2n) is 4.03. The molecule has 1 aromatic rings. The maximum absolute atomic E-state index is 12.3. The van der Waals surface area contributed by atoms with Gasteiger partial charge in [-0.25, -0.2) is 0 Å². The van der Waals surface area contributed by atoms with Crippen LogP contribution in [0.25, 0.3) is 0 Å². The SMILES string of the molecule is CC1(c2ccccc2OC(F)F)OCC(CCl)O1. The van der Waals surface area contributed by atoms with Crippen LogP contribution in [0.3, 0.4) is 0 Å². The monoisotopic (exact) mass is 278 g/mol. The summed E-state index contributed by atoms with van der Waals surface area (Å²) >= 11 is 5.69. The minimum Gasteiger partial charge on any atom is -0.434 e. The van der Waals surface area contributed by atoms with Crippen LogP contribution in [0.2, 0.25) is 0 Å². The van der Waals surface area contributed by atoms with Crippen molar-refractivity contribution in [2.45, 2.75) is 25.4 Å². The van der Waals surface area contributed by atoms with Crippen LogP contribution in [0.1, 0.15) is 12.5 Å². The largest absolute Gasteiger partial charge is 0.434 e. The van der Waals surface area contributed by atoms with E-state index in [1.807, 2.05) is 0 Å². The van der Waals surface area contributed by atoms with Gasteiger partial charge in [-0.1, -0.05) is 12.1 Å². The lowest BCUT2D eigenvalue weighted by Gasteiger charge is -2.25. The van der Waals surface area contributed by atoms with E-state index in [-0.39, 0.29) is 17.7 Å². The molecule has 0 radical (unpaired) electrons. The zero-order chi connectivity index (χ0) is 13.2. The topological polar surface area (TPSA) is 27.7 Å². The molecule has 1 heterocycles. The molecule has 100 valence electrons. The van der Waals surface area contributed by atoms with Crippen molar-refractivity contribution in [2.75, 3.05) is 12.5 Å². The first-order valence-corrected chi connectivity index (χ1v) is 6.00. The molecule has 1 fully saturated rings. The van der Waals surface area contributed by atoms with Gasteiger partial charge in [0.2, 0.25) is 0 Å². The molecular formula is C12H13ClF2O3. The first kappa shape index (κ1) is 13.5. The molecular weight excluding hydrogens is 266 g/mol. The van der Waals surface area contributed by atoms with Crippen molar-refractivity contribution in [3.8, 4) is 5.75 Å². The average molecular weight is 279 g/mol. The van der Waals surface area contributed by atoms with Crippen LogP contribution >= 0.6 is 11.6 Å². The number of ether oxygens (including phenoxy) is 3. The average Bonchev–Trinajstić information content (AvgIpc) is 2.72. The van der Waals surface area contributed by atoms with Crippen molar-refractivity contribution in [3.63, 3.8) is 0 Å². The summed E-state index contributed by atoms with van der Waals surface area (Å²) in [6, 6.07) is 6.40. The first-order valence-electron chi connectivity index (χ1n) is 5.47. The molecule has 0 saturated carbocycles. The quantitative estimate of drug-likeness (QED) is 0.792. The molecule has 1 aliphatic heterocycles. The van der Waals surface area contributed by atoms with Gasteiger partial charge >= 0.3 is 6.61 Å². The second kappa shape index (κ2) is 5.38. The van der Waals surface area contributed by atoms with E-state index in [1.165, 1.54) is 6.07 Å². The third-order valence-electron chi connectivity index (χ3n) is 2.70. The van der Waals surface area contributed by atoms with E-state index in [1.54, 1.807) is 25.1 Å². The number of halogens is 3. The Kier molecular flexibility index (Phi) is 4.04. The molecule has 18 heavy (non-hydrogen) atoms. The van der Waals surface area contributed by atoms with Crippen molar-refractivity contribution >= 4 is 11.6 Å². The Morgan fingerprint density at radius 1 is 1.50 bits per heavy atom. The van der Waals surface area contributed by atoms with Gasteiger partial charge in [-0.3, -0.25) is 0 Å². The van der Waals surface area contributed by atoms with Gasteiger partial charge in [0, 0.05) is 0 Å². The molecule has 3 nitrogen and oxygen atoms in total. The lowest BCUT2D eigenvalue weighted by molar-refractivity contribution is -0.162. The van der Waals surface area contributed by atoms with E-state index < -0.39 is 12.4 Å². The molecule has 2 rings (SSSR count). The Bertz CT molecular complexity index is 416. The van der Waals surface area contributed by atoms with Crippen LogP contribution in [0.5, 0.6) is 5.75 Å². The molecule has 6 heteroatoms. The molecule has 2 unspecified atom stereocenters. The van der Waals surface area contributed by atoms with Gasteiger partial charge in [0.1, 0.15) is 5.75 Å². The standard InChI is InChI=1S/C12H13ClF2O3/c1-12(16-7-8(6-13)18-12)9-4-2-3-5-10(9)17-11(14)15/h2-5,8,11H,6-7H2,1H3. The van der Waals surface area contributed by atoms with Crippen LogP contribution in [0.4, 0.5) is 8.78 Å². The van der Waals surface area contributed by atoms with Crippen LogP contribution in [-0.2, 0) is 15.3 Å². The van der Waals surface area contributed by atoms with Crippen molar-refractivity contribution in [1.29, 1.82) is 0 Å². The highest BCUT2D eigenvalue weighted by Gasteiger charge is 2.40. The summed E-state index contributed by atoms with van der Waals surface area (Å²) in [7, 11) is 0. The predicted octanol–water partition coefficient (Wildman–Crippen LogP) is 3.11. The summed E-state index contributed by atoms with van der Waals surface area (Å²) in [5.74, 6) is -0.774. The summed E-state index contributed by atoms with van der Waals surface area (Å²) in [5, 5.41) is 0. The van der Waals surface area contributed by atoms with Crippen LogP contribution in [0.15, 0.2) is 24.3 Å². The maximum atomic E-state index is 12.3. The van der Waals surface area contributed by atoms with Crippen LogP contribution in [-0.4, -0.2) is 25.2 Å². The Hall–Kier alpha value is -0.910. The molecule has 0 N–H and O–H groups in total. The van der Waals surface area contributed by atoms with Gasteiger partial charge in [0.05, 0.1) is 24.2 Å². The lowest BCUT2D eigenvalue weighted by atomic mass is 10.1. The van der Waals surface area contributed by atoms with Crippen molar-refractivity contribution < 1.29 is 23.0 Å². The number of para-hydroxylation sites is 1. The third-order valence-corrected chi connectivity index (χ3v) is 3.04. The van der Waals surface area contributed by atoms with Gasteiger partial charge in [0.15, 0.2) is 5.79 Å². The number of hydrogen-bond acceptors (Lipinski definition) is 3. The smallest absolute Gasteiger partial charge is 0.387 e. The molecule has 0 aromatic heterocycles. The molecule has 0 aliphatic carbocycles. The Morgan fingerprint density at radius 2 is 2.22 bits per heavy atom. The summed E-state index contributed by atoms with van der Waals surface area (Å²) in [4.78, 5) is 0. The maximum Gasteiger partial charge on any atom is 0.387 e. The molecule has 2 atom stereocenters. The molecule has 0 spiro atoms. The first-order chi connectivity index (χ1) is 8.55. The fourth-order valence-electron chi connectivity index (χ4n) is 1.90. The number of hydrogen-bond donors (Lipinski definition) is 0. The highest BCUT2D eigenvalue weighted by Crippen LogP contribution is 2.39. The molecule has 1 aliphatic rings. The Balaban J connectivity index is 2.27. The van der Waals surface area contributed by atoms with E-state index in [2.05, 4.69) is 4.74 Å². The summed E-state index contributed by atoms with van der Waals surface area (Å²) in [6.07, 6.45) is -0.253. The third kappa shape index (κ3) is 2.74. The Labute approximate surface area is 109 Å². The number of alkyl halides is 3. The minimum atomic E-state index is -2.89. The van der Waals surface area contributed by atoms with Crippen molar-refractivity contribution in [3.05, 3.63) is 29.8 Å². The van der Waals surface area contributed by atoms with Gasteiger partial charge in [0.25, 0.3) is 0 Å². The second-order valence-corrected chi connectivity index (χ2v) is 4.33. The van der Waals surface area contributed by atoms with Crippen molar-refractivity contribution in [2.24, 2.45) is 0 Å². The van der Waals surface area contributed by atoms with E-state index in [0.717, 1.165) is 0 Å². The number of rotatable bonds is 4. The highest BCUT2D eigenvalue weighted by molar-refractivity contribution is 6.18. The molecule has 1 aromatic carbocycles. The van der Waals surface area contributed by atoms with E-state index in [0.29, 0.717) is 12.2 Å². The Morgan fingerprint density at radius 3 is 2.83 bits per heavy atom. The van der Waals surface area contributed by atoms with Crippen LogP contribution < -0.4 is 4.74 Å². The normalized spacial score (nSPS) is 27.7. The van der Waals surface area contributed by atoms with Gasteiger partial charge in [-0.05, 0) is 19.1 Å². The molecule has 1 saturated heterocycles. The van der Waals surface area contributed by atoms with E-state index in [4.69, 9.17) is 21.1 Å². The van der Waals surface area contributed by atoms with Gasteiger partial charge < -0.3 is 14.2 Å². The van der Waals surface area contributed by atoms with Crippen LogP contribution in [0, 0.1) is 0 Å². The zero-order valence-corrected chi connectivity index (χ0v) is 10.5. The molecule has 0 amide bonds. The lowest BCUT2D eigenvalue weighted by Crippen LogP contribution is -2.25. The van der Waals surface area contributed by atoms with Crippen molar-refractivity contribution in [1.82, 2.24) is 0 Å². The minimum absolute atomic E-state index is 0.0465. The van der Waals surface area contributed by atoms with Gasteiger partial charge in [-0.2, -0.15) is 8.78 Å². The fraction of sp³-hybridized carbons (Fsp3) is 0.500. The highest BCUT2D eigenvalue weighted by atomic mass is 35.5. The number of benzene rings is 1. The predicted molar refractivity (Wildman–Crippen MR) is 62.0 cm³/mol. The van der Waals surface area contributed by atoms with E-state index >= 15 is 0 Å². The summed E-state index contributed by atoms with van der Waals surface area (Å²) < 4.78 is 40.3. The summed E-state index contributed by atoms with van der Waals surface area (Å²) in [5.41, 5.74) is 0.429. The summed E-state index contributed by atoms with van der Waals surface area (Å²) in [6.45, 7) is -0.907.